The summed E-state index contributed by atoms with van der Waals surface area (Å²) >= 11 is 0. The third-order valence-corrected chi connectivity index (χ3v) is 6.68. The predicted octanol–water partition coefficient (Wildman–Crippen LogP) is 4.84. The van der Waals surface area contributed by atoms with E-state index in [1.165, 1.54) is 50.0 Å². The van der Waals surface area contributed by atoms with Crippen molar-refractivity contribution in [3.8, 4) is 0 Å². The first kappa shape index (κ1) is 23.7. The van der Waals surface area contributed by atoms with Crippen molar-refractivity contribution < 1.29 is 19.1 Å². The number of aliphatic hydroxyl groups is 1. The zero-order valence-electron chi connectivity index (χ0n) is 19.8. The fraction of sp³-hybridized carbons (Fsp3) is 0.200. The van der Waals surface area contributed by atoms with Crippen LogP contribution in [0.3, 0.4) is 0 Å². The Morgan fingerprint density at radius 3 is 2.22 bits per heavy atom. The topological polar surface area (TPSA) is 78.4 Å². The van der Waals surface area contributed by atoms with Crippen LogP contribution in [0.1, 0.15) is 24.0 Å². The molecule has 0 radical (unpaired) electrons. The van der Waals surface area contributed by atoms with E-state index in [4.69, 9.17) is 0 Å². The molecule has 2 amide bonds. The number of carbonyl (C=O) groups is 2. The smallest absolute Gasteiger partial charge is 0.245 e. The van der Waals surface area contributed by atoms with Gasteiger partial charge in [-0.3, -0.25) is 9.59 Å². The van der Waals surface area contributed by atoms with Gasteiger partial charge in [-0.05, 0) is 68.4 Å². The molecule has 5 rings (SSSR count). The quantitative estimate of drug-likeness (QED) is 0.263. The molecule has 0 spiro atoms. The van der Waals surface area contributed by atoms with Crippen LogP contribution < -0.4 is 10.6 Å². The highest BCUT2D eigenvalue weighted by atomic mass is 19.1. The minimum absolute atomic E-state index is 0.181. The van der Waals surface area contributed by atoms with E-state index in [0.29, 0.717) is 6.42 Å². The molecule has 0 aliphatic heterocycles. The van der Waals surface area contributed by atoms with Gasteiger partial charge in [0.25, 0.3) is 0 Å². The lowest BCUT2D eigenvalue weighted by Gasteiger charge is -2.17. The molecular formula is C30H27FN2O3. The van der Waals surface area contributed by atoms with Gasteiger partial charge in [0, 0.05) is 13.0 Å². The predicted molar refractivity (Wildman–Crippen MR) is 140 cm³/mol. The molecule has 5 aromatic rings. The second-order valence-corrected chi connectivity index (χ2v) is 9.08. The summed E-state index contributed by atoms with van der Waals surface area (Å²) in [6, 6.07) is 23.9. The molecule has 0 aromatic heterocycles. The molecule has 5 nitrogen and oxygen atoms in total. The zero-order valence-corrected chi connectivity index (χ0v) is 19.8. The highest BCUT2D eigenvalue weighted by Crippen LogP contribution is 2.36. The highest BCUT2D eigenvalue weighted by Gasteiger charge is 2.19. The van der Waals surface area contributed by atoms with Crippen molar-refractivity contribution in [3.05, 3.63) is 95.8 Å². The Morgan fingerprint density at radius 1 is 0.833 bits per heavy atom. The van der Waals surface area contributed by atoms with E-state index < -0.39 is 18.6 Å². The van der Waals surface area contributed by atoms with E-state index in [2.05, 4.69) is 65.2 Å². The van der Waals surface area contributed by atoms with E-state index >= 15 is 0 Å². The van der Waals surface area contributed by atoms with Gasteiger partial charge in [0.1, 0.15) is 11.9 Å². The van der Waals surface area contributed by atoms with Gasteiger partial charge in [-0.25, -0.2) is 4.39 Å². The minimum atomic E-state index is -1.03. The standard InChI is InChI=1S/C30H27FN2O3/c31-24-14-7-19(8-15-24)17-32-30(36)26(18-34)33-27(35)6-2-3-20-9-10-23-12-11-21-4-1-5-22-13-16-25(20)29(23)28(21)22/h1,4-5,7-16,26,34H,2-3,6,17-18H2,(H,32,36)(H,33,35). The maximum absolute atomic E-state index is 13.0. The van der Waals surface area contributed by atoms with E-state index in [-0.39, 0.29) is 24.7 Å². The lowest BCUT2D eigenvalue weighted by molar-refractivity contribution is -0.130. The van der Waals surface area contributed by atoms with Gasteiger partial charge in [-0.15, -0.1) is 0 Å². The first-order valence-corrected chi connectivity index (χ1v) is 12.1. The van der Waals surface area contributed by atoms with E-state index in [0.717, 1.165) is 12.0 Å². The molecule has 6 heteroatoms. The minimum Gasteiger partial charge on any atom is -0.394 e. The van der Waals surface area contributed by atoms with Gasteiger partial charge in [0.05, 0.1) is 6.61 Å². The number of carbonyl (C=O) groups excluding carboxylic acids is 2. The first-order chi connectivity index (χ1) is 17.5. The van der Waals surface area contributed by atoms with Gasteiger partial charge in [-0.1, -0.05) is 66.7 Å². The van der Waals surface area contributed by atoms with Crippen LogP contribution in [-0.2, 0) is 22.6 Å². The molecular weight excluding hydrogens is 455 g/mol. The van der Waals surface area contributed by atoms with Crippen molar-refractivity contribution in [2.24, 2.45) is 0 Å². The molecule has 1 unspecified atom stereocenters. The Kier molecular flexibility index (Phi) is 6.78. The number of hydrogen-bond donors (Lipinski definition) is 3. The molecule has 5 aromatic carbocycles. The number of aryl methyl sites for hydroxylation is 1. The van der Waals surface area contributed by atoms with Crippen LogP contribution in [0.5, 0.6) is 0 Å². The van der Waals surface area contributed by atoms with E-state index in [1.807, 2.05) is 0 Å². The van der Waals surface area contributed by atoms with Crippen molar-refractivity contribution in [3.63, 3.8) is 0 Å². The maximum atomic E-state index is 13.0. The molecule has 0 heterocycles. The number of benzene rings is 5. The third kappa shape index (κ3) is 4.86. The Bertz CT molecular complexity index is 1520. The summed E-state index contributed by atoms with van der Waals surface area (Å²) in [6.07, 6.45) is 1.58. The van der Waals surface area contributed by atoms with Gasteiger partial charge >= 0.3 is 0 Å². The summed E-state index contributed by atoms with van der Waals surface area (Å²) in [4.78, 5) is 24.9. The molecule has 3 N–H and O–H groups in total. The van der Waals surface area contributed by atoms with Gasteiger partial charge in [0.2, 0.25) is 11.8 Å². The summed E-state index contributed by atoms with van der Waals surface area (Å²) in [5.74, 6) is -1.13. The van der Waals surface area contributed by atoms with Gasteiger partial charge < -0.3 is 15.7 Å². The molecule has 0 saturated heterocycles. The largest absolute Gasteiger partial charge is 0.394 e. The van der Waals surface area contributed by atoms with Crippen LogP contribution in [0.15, 0.2) is 78.9 Å². The van der Waals surface area contributed by atoms with Crippen LogP contribution in [0.4, 0.5) is 4.39 Å². The molecule has 0 bridgehead atoms. The van der Waals surface area contributed by atoms with Crippen molar-refractivity contribution in [2.45, 2.75) is 31.8 Å². The summed E-state index contributed by atoms with van der Waals surface area (Å²) in [7, 11) is 0. The second kappa shape index (κ2) is 10.3. The third-order valence-electron chi connectivity index (χ3n) is 6.68. The van der Waals surface area contributed by atoms with Crippen molar-refractivity contribution >= 4 is 44.1 Å². The molecule has 0 fully saturated rings. The molecule has 36 heavy (non-hydrogen) atoms. The molecule has 0 aliphatic rings. The Labute approximate surface area is 208 Å². The normalized spacial score (nSPS) is 12.3. The molecule has 0 aliphatic carbocycles. The average molecular weight is 483 g/mol. The van der Waals surface area contributed by atoms with Gasteiger partial charge in [-0.2, -0.15) is 0 Å². The number of rotatable bonds is 9. The van der Waals surface area contributed by atoms with Gasteiger partial charge in [0.15, 0.2) is 0 Å². The number of amides is 2. The number of halogens is 1. The van der Waals surface area contributed by atoms with Crippen LogP contribution in [0.2, 0.25) is 0 Å². The SMILES string of the molecule is O=C(CCCc1ccc2ccc3cccc4ccc1c2c34)NC(CO)C(=O)NCc1ccc(F)cc1. The van der Waals surface area contributed by atoms with Crippen molar-refractivity contribution in [1.82, 2.24) is 10.6 Å². The summed E-state index contributed by atoms with van der Waals surface area (Å²) in [5.41, 5.74) is 1.91. The highest BCUT2D eigenvalue weighted by molar-refractivity contribution is 6.23. The fourth-order valence-electron chi connectivity index (χ4n) is 4.83. The first-order valence-electron chi connectivity index (χ1n) is 12.1. The molecule has 0 saturated carbocycles. The van der Waals surface area contributed by atoms with E-state index in [1.54, 1.807) is 12.1 Å². The van der Waals surface area contributed by atoms with Crippen LogP contribution in [0, 0.1) is 5.82 Å². The molecule has 1 atom stereocenters. The fourth-order valence-corrected chi connectivity index (χ4v) is 4.83. The number of nitrogens with one attached hydrogen (secondary N) is 2. The lowest BCUT2D eigenvalue weighted by atomic mass is 9.90. The lowest BCUT2D eigenvalue weighted by Crippen LogP contribution is -2.48. The maximum Gasteiger partial charge on any atom is 0.245 e. The van der Waals surface area contributed by atoms with Crippen molar-refractivity contribution in [2.75, 3.05) is 6.61 Å². The number of aliphatic hydroxyl groups excluding tert-OH is 1. The second-order valence-electron chi connectivity index (χ2n) is 9.08. The Morgan fingerprint density at radius 2 is 1.50 bits per heavy atom. The molecule has 182 valence electrons. The van der Waals surface area contributed by atoms with Crippen LogP contribution in [-0.4, -0.2) is 29.6 Å². The van der Waals surface area contributed by atoms with Crippen LogP contribution >= 0.6 is 0 Å². The van der Waals surface area contributed by atoms with E-state index in [9.17, 15) is 19.1 Å². The summed E-state index contributed by atoms with van der Waals surface area (Å²) in [5, 5.41) is 22.3. The van der Waals surface area contributed by atoms with Crippen molar-refractivity contribution in [1.29, 1.82) is 0 Å². The number of hydrogen-bond acceptors (Lipinski definition) is 3. The monoisotopic (exact) mass is 482 g/mol. The summed E-state index contributed by atoms with van der Waals surface area (Å²) in [6.45, 7) is -0.323. The van der Waals surface area contributed by atoms with Crippen LogP contribution in [0.25, 0.3) is 32.3 Å². The summed E-state index contributed by atoms with van der Waals surface area (Å²) < 4.78 is 13.0. The Balaban J connectivity index is 1.20. The Hall–Kier alpha value is -4.03. The zero-order chi connectivity index (χ0) is 25.1. The average Bonchev–Trinajstić information content (AvgIpc) is 2.90.